The van der Waals surface area contributed by atoms with E-state index in [1.54, 1.807) is 19.1 Å². The van der Waals surface area contributed by atoms with E-state index in [2.05, 4.69) is 0 Å². The first kappa shape index (κ1) is 9.74. The molecule has 68 valence electrons. The van der Waals surface area contributed by atoms with Crippen molar-refractivity contribution >= 4 is 11.6 Å². The number of aliphatic hydroxyl groups excluding tert-OH is 3. The summed E-state index contributed by atoms with van der Waals surface area (Å²) in [7, 11) is 0. The molecule has 0 saturated carbocycles. The van der Waals surface area contributed by atoms with Crippen LogP contribution < -0.4 is 0 Å². The highest BCUT2D eigenvalue weighted by atomic mass is 35.5. The molecule has 0 aliphatic heterocycles. The number of allylic oxidation sites excluding steroid dienone is 1. The van der Waals surface area contributed by atoms with Crippen molar-refractivity contribution in [1.29, 1.82) is 0 Å². The molecule has 0 amide bonds. The van der Waals surface area contributed by atoms with Crippen LogP contribution in [0.2, 0.25) is 0 Å². The molecule has 0 unspecified atom stereocenters. The van der Waals surface area contributed by atoms with Gasteiger partial charge in [-0.2, -0.15) is 0 Å². The fraction of sp³-hybridized carbons (Fsp3) is 0.500. The van der Waals surface area contributed by atoms with Crippen molar-refractivity contribution < 1.29 is 15.3 Å². The molecular formula is C8H11ClO3. The van der Waals surface area contributed by atoms with Crippen molar-refractivity contribution in [2.75, 3.05) is 0 Å². The zero-order chi connectivity index (χ0) is 9.30. The fourth-order valence-corrected chi connectivity index (χ4v) is 1.48. The summed E-state index contributed by atoms with van der Waals surface area (Å²) in [5.74, 6) is 0. The Labute approximate surface area is 75.6 Å². The Balaban J connectivity index is 2.96. The molecule has 1 aliphatic rings. The summed E-state index contributed by atoms with van der Waals surface area (Å²) in [4.78, 5) is 0. The molecule has 12 heavy (non-hydrogen) atoms. The Morgan fingerprint density at radius 1 is 1.25 bits per heavy atom. The van der Waals surface area contributed by atoms with E-state index in [-0.39, 0.29) is 5.03 Å². The number of hydrogen-bond donors (Lipinski definition) is 3. The van der Waals surface area contributed by atoms with Gasteiger partial charge < -0.3 is 15.3 Å². The van der Waals surface area contributed by atoms with Crippen molar-refractivity contribution in [3.8, 4) is 0 Å². The summed E-state index contributed by atoms with van der Waals surface area (Å²) in [6, 6.07) is 0. The van der Waals surface area contributed by atoms with E-state index < -0.39 is 18.3 Å². The highest BCUT2D eigenvalue weighted by Crippen LogP contribution is 2.30. The van der Waals surface area contributed by atoms with Crippen LogP contribution in [0.15, 0.2) is 22.8 Å². The largest absolute Gasteiger partial charge is 0.387 e. The Kier molecular flexibility index (Phi) is 2.90. The van der Waals surface area contributed by atoms with Crippen LogP contribution >= 0.6 is 11.6 Å². The van der Waals surface area contributed by atoms with E-state index in [9.17, 15) is 15.3 Å². The first-order valence-corrected chi connectivity index (χ1v) is 4.03. The van der Waals surface area contributed by atoms with Gasteiger partial charge in [-0.15, -0.1) is 0 Å². The van der Waals surface area contributed by atoms with Crippen LogP contribution in [0.3, 0.4) is 0 Å². The van der Waals surface area contributed by atoms with Crippen LogP contribution in [-0.2, 0) is 0 Å². The van der Waals surface area contributed by atoms with E-state index in [1.807, 2.05) is 0 Å². The van der Waals surface area contributed by atoms with E-state index in [0.717, 1.165) is 0 Å². The molecule has 0 aromatic rings. The highest BCUT2D eigenvalue weighted by Gasteiger charge is 2.37. The Morgan fingerprint density at radius 2 is 1.83 bits per heavy atom. The minimum absolute atomic E-state index is 0.119. The number of aliphatic hydroxyl groups is 3. The molecule has 0 aromatic heterocycles. The molecule has 0 fully saturated rings. The zero-order valence-corrected chi connectivity index (χ0v) is 7.36. The number of halogens is 1. The third-order valence-electron chi connectivity index (χ3n) is 1.85. The van der Waals surface area contributed by atoms with Crippen LogP contribution in [0.1, 0.15) is 6.92 Å². The van der Waals surface area contributed by atoms with Gasteiger partial charge in [-0.1, -0.05) is 23.8 Å². The van der Waals surface area contributed by atoms with E-state index in [4.69, 9.17) is 11.6 Å². The van der Waals surface area contributed by atoms with Crippen molar-refractivity contribution in [3.63, 3.8) is 0 Å². The van der Waals surface area contributed by atoms with Gasteiger partial charge in [-0.25, -0.2) is 0 Å². The van der Waals surface area contributed by atoms with Crippen LogP contribution in [0.25, 0.3) is 0 Å². The SMILES string of the molecule is C/C=C/C1=C(Cl)[C@@H](O)[C@@H](O)[C@@H]1O. The summed E-state index contributed by atoms with van der Waals surface area (Å²) >= 11 is 5.66. The summed E-state index contributed by atoms with van der Waals surface area (Å²) in [6.07, 6.45) is -0.182. The third-order valence-corrected chi connectivity index (χ3v) is 2.29. The normalized spacial score (nSPS) is 36.9. The summed E-state index contributed by atoms with van der Waals surface area (Å²) in [6.45, 7) is 1.76. The predicted molar refractivity (Wildman–Crippen MR) is 45.7 cm³/mol. The molecule has 0 heterocycles. The second-order valence-electron chi connectivity index (χ2n) is 2.68. The summed E-state index contributed by atoms with van der Waals surface area (Å²) < 4.78 is 0. The Hall–Kier alpha value is -0.350. The zero-order valence-electron chi connectivity index (χ0n) is 6.61. The first-order chi connectivity index (χ1) is 5.59. The lowest BCUT2D eigenvalue weighted by atomic mass is 10.1. The lowest BCUT2D eigenvalue weighted by Gasteiger charge is -2.11. The quantitative estimate of drug-likeness (QED) is 0.552. The van der Waals surface area contributed by atoms with Gasteiger partial charge in [0.25, 0.3) is 0 Å². The van der Waals surface area contributed by atoms with E-state index in [0.29, 0.717) is 5.57 Å². The lowest BCUT2D eigenvalue weighted by molar-refractivity contribution is -0.0106. The average molecular weight is 191 g/mol. The van der Waals surface area contributed by atoms with Crippen LogP contribution in [0.4, 0.5) is 0 Å². The Morgan fingerprint density at radius 3 is 2.17 bits per heavy atom. The van der Waals surface area contributed by atoms with Crippen LogP contribution in [-0.4, -0.2) is 33.6 Å². The topological polar surface area (TPSA) is 60.7 Å². The smallest absolute Gasteiger partial charge is 0.119 e. The first-order valence-electron chi connectivity index (χ1n) is 3.66. The fourth-order valence-electron chi connectivity index (χ4n) is 1.18. The molecule has 0 saturated heterocycles. The van der Waals surface area contributed by atoms with Crippen molar-refractivity contribution in [2.45, 2.75) is 25.2 Å². The third kappa shape index (κ3) is 1.41. The molecule has 1 rings (SSSR count). The monoisotopic (exact) mass is 190 g/mol. The average Bonchev–Trinajstić information content (AvgIpc) is 2.23. The second kappa shape index (κ2) is 3.58. The van der Waals surface area contributed by atoms with Crippen molar-refractivity contribution in [1.82, 2.24) is 0 Å². The van der Waals surface area contributed by atoms with Gasteiger partial charge in [0.1, 0.15) is 18.3 Å². The molecule has 0 bridgehead atoms. The van der Waals surface area contributed by atoms with Crippen molar-refractivity contribution in [2.24, 2.45) is 0 Å². The van der Waals surface area contributed by atoms with E-state index in [1.165, 1.54) is 0 Å². The maximum absolute atomic E-state index is 9.33. The van der Waals surface area contributed by atoms with Crippen LogP contribution in [0, 0.1) is 0 Å². The van der Waals surface area contributed by atoms with Gasteiger partial charge in [0.15, 0.2) is 0 Å². The molecular weight excluding hydrogens is 180 g/mol. The minimum atomic E-state index is -1.20. The number of hydrogen-bond acceptors (Lipinski definition) is 3. The van der Waals surface area contributed by atoms with Gasteiger partial charge in [-0.05, 0) is 6.92 Å². The second-order valence-corrected chi connectivity index (χ2v) is 3.09. The summed E-state index contributed by atoms with van der Waals surface area (Å²) in [5.41, 5.74) is 0.388. The molecule has 3 nitrogen and oxygen atoms in total. The standard InChI is InChI=1S/C8H11ClO3/c1-2-3-4-5(9)7(11)8(12)6(4)10/h2-3,6-8,10-12H,1H3/b3-2+/t6-,7-,8+/m1/s1. The summed E-state index contributed by atoms with van der Waals surface area (Å²) in [5, 5.41) is 27.8. The van der Waals surface area contributed by atoms with Gasteiger partial charge in [-0.3, -0.25) is 0 Å². The molecule has 3 atom stereocenters. The highest BCUT2D eigenvalue weighted by molar-refractivity contribution is 6.31. The van der Waals surface area contributed by atoms with Gasteiger partial charge in [0.2, 0.25) is 0 Å². The van der Waals surface area contributed by atoms with Gasteiger partial charge in [0, 0.05) is 5.57 Å². The Bertz CT molecular complexity index is 234. The molecule has 0 radical (unpaired) electrons. The molecule has 1 aliphatic carbocycles. The number of rotatable bonds is 1. The maximum Gasteiger partial charge on any atom is 0.119 e. The molecule has 3 N–H and O–H groups in total. The van der Waals surface area contributed by atoms with Crippen LogP contribution in [0.5, 0.6) is 0 Å². The minimum Gasteiger partial charge on any atom is -0.387 e. The van der Waals surface area contributed by atoms with Crippen molar-refractivity contribution in [3.05, 3.63) is 22.8 Å². The predicted octanol–water partition coefficient (Wildman–Crippen LogP) is 0.152. The molecule has 0 aromatic carbocycles. The molecule has 0 spiro atoms. The maximum atomic E-state index is 9.33. The lowest BCUT2D eigenvalue weighted by Crippen LogP contribution is -2.31. The van der Waals surface area contributed by atoms with Gasteiger partial charge in [0.05, 0.1) is 5.03 Å². The molecule has 4 heteroatoms. The van der Waals surface area contributed by atoms with E-state index >= 15 is 0 Å². The van der Waals surface area contributed by atoms with Gasteiger partial charge >= 0.3 is 0 Å².